The summed E-state index contributed by atoms with van der Waals surface area (Å²) in [5.41, 5.74) is 0. The Morgan fingerprint density at radius 2 is 1.85 bits per heavy atom. The fourth-order valence-corrected chi connectivity index (χ4v) is 3.15. The van der Waals surface area contributed by atoms with Crippen LogP contribution in [-0.2, 0) is 13.6 Å². The third-order valence-electron chi connectivity index (χ3n) is 5.14. The van der Waals surface area contributed by atoms with Gasteiger partial charge in [-0.2, -0.15) is 0 Å². The van der Waals surface area contributed by atoms with Gasteiger partial charge >= 0.3 is 0 Å². The molecule has 0 saturated carbocycles. The highest BCUT2D eigenvalue weighted by Crippen LogP contribution is 2.11. The summed E-state index contributed by atoms with van der Waals surface area (Å²) in [4.78, 5) is 7.35. The number of halogens is 1. The SMILES string of the molecule is CCCCNC(=NCc1nnc(C)n1C)NC1CCN(CCCC)CC1.I. The molecule has 0 unspecified atom stereocenters. The smallest absolute Gasteiger partial charge is 0.191 e. The topological polar surface area (TPSA) is 70.4 Å². The average molecular weight is 491 g/mol. The van der Waals surface area contributed by atoms with Crippen LogP contribution in [0.1, 0.15) is 64.0 Å². The molecule has 0 amide bonds. The summed E-state index contributed by atoms with van der Waals surface area (Å²) in [6.07, 6.45) is 7.28. The number of aryl methyl sites for hydroxylation is 1. The van der Waals surface area contributed by atoms with Crippen molar-refractivity contribution in [2.75, 3.05) is 26.2 Å². The monoisotopic (exact) mass is 491 g/mol. The zero-order chi connectivity index (χ0) is 18.8. The van der Waals surface area contributed by atoms with Gasteiger partial charge in [0.15, 0.2) is 11.8 Å². The molecule has 0 aliphatic carbocycles. The largest absolute Gasteiger partial charge is 0.356 e. The maximum Gasteiger partial charge on any atom is 0.191 e. The molecule has 2 heterocycles. The highest BCUT2D eigenvalue weighted by molar-refractivity contribution is 14.0. The van der Waals surface area contributed by atoms with Gasteiger partial charge in [-0.15, -0.1) is 34.2 Å². The van der Waals surface area contributed by atoms with Gasteiger partial charge in [0.1, 0.15) is 12.4 Å². The Kier molecular flexibility index (Phi) is 11.9. The van der Waals surface area contributed by atoms with Gasteiger partial charge in [0, 0.05) is 32.7 Å². The summed E-state index contributed by atoms with van der Waals surface area (Å²) < 4.78 is 2.00. The van der Waals surface area contributed by atoms with Crippen molar-refractivity contribution in [2.45, 2.75) is 71.9 Å². The lowest BCUT2D eigenvalue weighted by atomic mass is 10.0. The van der Waals surface area contributed by atoms with Crippen molar-refractivity contribution in [3.8, 4) is 0 Å². The maximum absolute atomic E-state index is 4.76. The van der Waals surface area contributed by atoms with E-state index >= 15 is 0 Å². The van der Waals surface area contributed by atoms with Gasteiger partial charge in [-0.25, -0.2) is 4.99 Å². The van der Waals surface area contributed by atoms with Crippen LogP contribution in [0.15, 0.2) is 4.99 Å². The third-order valence-corrected chi connectivity index (χ3v) is 5.14. The zero-order valence-corrected chi connectivity index (χ0v) is 19.8. The highest BCUT2D eigenvalue weighted by Gasteiger charge is 2.19. The first-order valence-electron chi connectivity index (χ1n) is 10.3. The molecule has 1 aromatic heterocycles. The second-order valence-corrected chi connectivity index (χ2v) is 7.28. The Morgan fingerprint density at radius 1 is 1.15 bits per heavy atom. The lowest BCUT2D eigenvalue weighted by Gasteiger charge is -2.33. The van der Waals surface area contributed by atoms with Crippen molar-refractivity contribution in [2.24, 2.45) is 12.0 Å². The van der Waals surface area contributed by atoms with Crippen LogP contribution in [0, 0.1) is 6.92 Å². The van der Waals surface area contributed by atoms with Gasteiger partial charge in [0.25, 0.3) is 0 Å². The highest BCUT2D eigenvalue weighted by atomic mass is 127. The van der Waals surface area contributed by atoms with Crippen molar-refractivity contribution < 1.29 is 0 Å². The number of piperidine rings is 1. The normalized spacial score (nSPS) is 16.2. The van der Waals surface area contributed by atoms with E-state index < -0.39 is 0 Å². The number of nitrogens with zero attached hydrogens (tertiary/aromatic N) is 5. The number of hydrogen-bond acceptors (Lipinski definition) is 4. The van der Waals surface area contributed by atoms with Crippen molar-refractivity contribution >= 4 is 29.9 Å². The summed E-state index contributed by atoms with van der Waals surface area (Å²) in [5.74, 6) is 2.72. The molecule has 2 rings (SSSR count). The molecule has 1 aliphatic rings. The molecule has 27 heavy (non-hydrogen) atoms. The number of likely N-dealkylation sites (tertiary alicyclic amines) is 1. The number of rotatable bonds is 9. The molecule has 2 N–H and O–H groups in total. The minimum atomic E-state index is 0. The third kappa shape index (κ3) is 8.33. The summed E-state index contributed by atoms with van der Waals surface area (Å²) in [6, 6.07) is 0.502. The molecule has 0 atom stereocenters. The Morgan fingerprint density at radius 3 is 2.44 bits per heavy atom. The van der Waals surface area contributed by atoms with E-state index in [9.17, 15) is 0 Å². The van der Waals surface area contributed by atoms with Gasteiger partial charge in [0.05, 0.1) is 0 Å². The van der Waals surface area contributed by atoms with Gasteiger partial charge in [-0.3, -0.25) is 0 Å². The number of nitrogens with one attached hydrogen (secondary N) is 2. The van der Waals surface area contributed by atoms with E-state index in [1.54, 1.807) is 0 Å². The zero-order valence-electron chi connectivity index (χ0n) is 17.5. The lowest BCUT2D eigenvalue weighted by molar-refractivity contribution is 0.203. The fourth-order valence-electron chi connectivity index (χ4n) is 3.15. The van der Waals surface area contributed by atoms with E-state index in [-0.39, 0.29) is 24.0 Å². The Hall–Kier alpha value is -0.900. The van der Waals surface area contributed by atoms with E-state index in [1.807, 2.05) is 18.5 Å². The standard InChI is InChI=1S/C19H37N7.HI/c1-5-7-11-20-19(21-15-18-24-23-16(3)25(18)4)22-17-9-13-26(14-10-17)12-8-6-2;/h17H,5-15H2,1-4H3,(H2,20,21,22);1H. The molecule has 8 heteroatoms. The molecule has 1 fully saturated rings. The predicted molar refractivity (Wildman–Crippen MR) is 123 cm³/mol. The molecule has 0 bridgehead atoms. The van der Waals surface area contributed by atoms with E-state index in [4.69, 9.17) is 4.99 Å². The number of hydrogen-bond donors (Lipinski definition) is 2. The van der Waals surface area contributed by atoms with E-state index in [1.165, 1.54) is 51.7 Å². The Bertz CT molecular complexity index is 550. The van der Waals surface area contributed by atoms with Crippen LogP contribution < -0.4 is 10.6 Å². The van der Waals surface area contributed by atoms with Crippen molar-refractivity contribution in [1.29, 1.82) is 0 Å². The average Bonchev–Trinajstić information content (AvgIpc) is 2.97. The molecule has 0 aromatic carbocycles. The molecular weight excluding hydrogens is 453 g/mol. The summed E-state index contributed by atoms with van der Waals surface area (Å²) in [5, 5.41) is 15.4. The van der Waals surface area contributed by atoms with Gasteiger partial charge < -0.3 is 20.1 Å². The predicted octanol–water partition coefficient (Wildman–Crippen LogP) is 2.84. The van der Waals surface area contributed by atoms with E-state index in [0.29, 0.717) is 12.6 Å². The van der Waals surface area contributed by atoms with Crippen LogP contribution in [0.4, 0.5) is 0 Å². The van der Waals surface area contributed by atoms with Gasteiger partial charge in [0.2, 0.25) is 0 Å². The van der Waals surface area contributed by atoms with E-state index in [0.717, 1.165) is 30.6 Å². The quantitative estimate of drug-likeness (QED) is 0.241. The second-order valence-electron chi connectivity index (χ2n) is 7.28. The number of aromatic nitrogens is 3. The summed E-state index contributed by atoms with van der Waals surface area (Å²) in [6.45, 7) is 11.5. The molecule has 1 saturated heterocycles. The first-order valence-corrected chi connectivity index (χ1v) is 10.3. The molecule has 1 aliphatic heterocycles. The second kappa shape index (κ2) is 13.3. The molecule has 1 aromatic rings. The maximum atomic E-state index is 4.76. The molecule has 0 radical (unpaired) electrons. The summed E-state index contributed by atoms with van der Waals surface area (Å²) in [7, 11) is 1.99. The first-order chi connectivity index (χ1) is 12.6. The van der Waals surface area contributed by atoms with Crippen LogP contribution >= 0.6 is 24.0 Å². The molecule has 7 nitrogen and oxygen atoms in total. The van der Waals surface area contributed by atoms with E-state index in [2.05, 4.69) is 39.6 Å². The van der Waals surface area contributed by atoms with Gasteiger partial charge in [-0.1, -0.05) is 26.7 Å². The summed E-state index contributed by atoms with van der Waals surface area (Å²) >= 11 is 0. The Balaban J connectivity index is 0.00000364. The number of guanidine groups is 1. The first kappa shape index (κ1) is 24.1. The minimum absolute atomic E-state index is 0. The van der Waals surface area contributed by atoms with Crippen molar-refractivity contribution in [3.63, 3.8) is 0 Å². The fraction of sp³-hybridized carbons (Fsp3) is 0.842. The van der Waals surface area contributed by atoms with Crippen LogP contribution in [0.25, 0.3) is 0 Å². The van der Waals surface area contributed by atoms with Crippen LogP contribution in [0.3, 0.4) is 0 Å². The van der Waals surface area contributed by atoms with Crippen LogP contribution in [-0.4, -0.2) is 57.8 Å². The number of aliphatic imine (C=N–C) groups is 1. The minimum Gasteiger partial charge on any atom is -0.356 e. The van der Waals surface area contributed by atoms with Crippen molar-refractivity contribution in [3.05, 3.63) is 11.6 Å². The van der Waals surface area contributed by atoms with Crippen molar-refractivity contribution in [1.82, 2.24) is 30.3 Å². The molecule has 0 spiro atoms. The molecule has 156 valence electrons. The van der Waals surface area contributed by atoms with Crippen LogP contribution in [0.5, 0.6) is 0 Å². The van der Waals surface area contributed by atoms with Gasteiger partial charge in [-0.05, 0) is 39.2 Å². The Labute approximate surface area is 181 Å². The van der Waals surface area contributed by atoms with Crippen LogP contribution in [0.2, 0.25) is 0 Å². The number of unbranched alkanes of at least 4 members (excludes halogenated alkanes) is 2. The lowest BCUT2D eigenvalue weighted by Crippen LogP contribution is -2.49. The molecular formula is C19H38IN7.